The normalized spacial score (nSPS) is 11.1. The van der Waals surface area contributed by atoms with Gasteiger partial charge in [-0.2, -0.15) is 0 Å². The summed E-state index contributed by atoms with van der Waals surface area (Å²) in [5.41, 5.74) is 7.79. The highest BCUT2D eigenvalue weighted by molar-refractivity contribution is 5.38. The fourth-order valence-corrected chi connectivity index (χ4v) is 1.43. The number of benzene rings is 1. The van der Waals surface area contributed by atoms with Crippen LogP contribution in [0.3, 0.4) is 0 Å². The molecular weight excluding hydrogens is 194 g/mol. The molecule has 0 aliphatic heterocycles. The molecule has 1 nitrogen and oxygen atoms in total. The molecule has 2 N–H and O–H groups in total. The van der Waals surface area contributed by atoms with Crippen LogP contribution in [0, 0.1) is 17.8 Å². The summed E-state index contributed by atoms with van der Waals surface area (Å²) in [7, 11) is 0. The highest BCUT2D eigenvalue weighted by Crippen LogP contribution is 2.09. The van der Waals surface area contributed by atoms with E-state index in [1.54, 1.807) is 0 Å². The first kappa shape index (κ1) is 12.8. The first-order valence-corrected chi connectivity index (χ1v) is 5.78. The fraction of sp³-hybridized carbons (Fsp3) is 0.467. The zero-order chi connectivity index (χ0) is 12.2. The lowest BCUT2D eigenvalue weighted by molar-refractivity contribution is 0.647. The van der Waals surface area contributed by atoms with Crippen LogP contribution in [0.15, 0.2) is 24.3 Å². The Hall–Kier alpha value is -1.26. The Kier molecular flexibility index (Phi) is 4.15. The van der Waals surface area contributed by atoms with Gasteiger partial charge in [0, 0.05) is 5.56 Å². The van der Waals surface area contributed by atoms with Gasteiger partial charge in [-0.15, -0.1) is 0 Å². The lowest BCUT2D eigenvalue weighted by Gasteiger charge is -2.07. The van der Waals surface area contributed by atoms with Crippen LogP contribution in [0.5, 0.6) is 0 Å². The molecule has 0 unspecified atom stereocenters. The van der Waals surface area contributed by atoms with Crippen molar-refractivity contribution in [2.75, 3.05) is 0 Å². The summed E-state index contributed by atoms with van der Waals surface area (Å²) < 4.78 is 0. The number of hydrogen-bond acceptors (Lipinski definition) is 1. The Morgan fingerprint density at radius 1 is 1.19 bits per heavy atom. The molecule has 0 aliphatic rings. The van der Waals surface area contributed by atoms with Crippen LogP contribution in [0.4, 0.5) is 0 Å². The molecule has 16 heavy (non-hydrogen) atoms. The Labute approximate surface area is 99.1 Å². The van der Waals surface area contributed by atoms with E-state index >= 15 is 0 Å². The van der Waals surface area contributed by atoms with Crippen molar-refractivity contribution in [3.63, 3.8) is 0 Å². The van der Waals surface area contributed by atoms with E-state index in [2.05, 4.69) is 50.0 Å². The third-order valence-electron chi connectivity index (χ3n) is 2.13. The summed E-state index contributed by atoms with van der Waals surface area (Å²) in [6.07, 6.45) is 1.12. The largest absolute Gasteiger partial charge is 0.316 e. The molecule has 1 rings (SSSR count). The molecule has 0 atom stereocenters. The molecule has 0 heterocycles. The van der Waals surface area contributed by atoms with E-state index < -0.39 is 5.54 Å². The monoisotopic (exact) mass is 215 g/mol. The second-order valence-electron chi connectivity index (χ2n) is 5.27. The van der Waals surface area contributed by atoms with E-state index in [1.807, 2.05) is 13.8 Å². The molecule has 1 aromatic rings. The van der Waals surface area contributed by atoms with Gasteiger partial charge < -0.3 is 5.73 Å². The van der Waals surface area contributed by atoms with Gasteiger partial charge in [-0.3, -0.25) is 0 Å². The van der Waals surface area contributed by atoms with Gasteiger partial charge in [-0.1, -0.05) is 37.8 Å². The van der Waals surface area contributed by atoms with E-state index in [0.29, 0.717) is 5.92 Å². The highest BCUT2D eigenvalue weighted by Gasteiger charge is 2.03. The van der Waals surface area contributed by atoms with Crippen LogP contribution < -0.4 is 5.73 Å². The van der Waals surface area contributed by atoms with Crippen molar-refractivity contribution in [3.05, 3.63) is 35.4 Å². The minimum absolute atomic E-state index is 0.420. The first-order valence-electron chi connectivity index (χ1n) is 5.78. The minimum atomic E-state index is -0.420. The van der Waals surface area contributed by atoms with E-state index in [0.717, 1.165) is 12.0 Å². The van der Waals surface area contributed by atoms with Gasteiger partial charge in [0.05, 0.1) is 5.54 Å². The van der Waals surface area contributed by atoms with Crippen molar-refractivity contribution in [1.82, 2.24) is 0 Å². The van der Waals surface area contributed by atoms with Crippen LogP contribution in [0.25, 0.3) is 0 Å². The summed E-state index contributed by atoms with van der Waals surface area (Å²) >= 11 is 0. The molecule has 1 heteroatoms. The zero-order valence-electron chi connectivity index (χ0n) is 10.7. The Bertz CT molecular complexity index is 382. The fourth-order valence-electron chi connectivity index (χ4n) is 1.43. The molecule has 0 fully saturated rings. The number of hydrogen-bond donors (Lipinski definition) is 1. The molecule has 0 aromatic heterocycles. The molecule has 0 spiro atoms. The van der Waals surface area contributed by atoms with Crippen LogP contribution in [0.2, 0.25) is 0 Å². The van der Waals surface area contributed by atoms with Crippen LogP contribution in [-0.4, -0.2) is 5.54 Å². The van der Waals surface area contributed by atoms with Crippen molar-refractivity contribution in [2.24, 2.45) is 11.7 Å². The second-order valence-corrected chi connectivity index (χ2v) is 5.27. The molecule has 1 aromatic carbocycles. The predicted octanol–water partition coefficient (Wildman–Crippen LogP) is 2.97. The number of rotatable bonds is 2. The lowest BCUT2D eigenvalue weighted by atomic mass is 10.0. The van der Waals surface area contributed by atoms with Crippen molar-refractivity contribution < 1.29 is 0 Å². The van der Waals surface area contributed by atoms with Gasteiger partial charge in [0.25, 0.3) is 0 Å². The second kappa shape index (κ2) is 5.18. The Morgan fingerprint density at radius 3 is 2.19 bits per heavy atom. The smallest absolute Gasteiger partial charge is 0.0722 e. The van der Waals surface area contributed by atoms with Gasteiger partial charge >= 0.3 is 0 Å². The van der Waals surface area contributed by atoms with Crippen molar-refractivity contribution >= 4 is 0 Å². The quantitative estimate of drug-likeness (QED) is 0.754. The van der Waals surface area contributed by atoms with E-state index in [9.17, 15) is 0 Å². The number of nitrogens with two attached hydrogens (primary N) is 1. The maximum absolute atomic E-state index is 5.81. The van der Waals surface area contributed by atoms with Crippen LogP contribution >= 0.6 is 0 Å². The molecule has 0 bridgehead atoms. The van der Waals surface area contributed by atoms with E-state index in [-0.39, 0.29) is 0 Å². The molecule has 0 amide bonds. The zero-order valence-corrected chi connectivity index (χ0v) is 10.7. The molecule has 0 radical (unpaired) electrons. The molecule has 0 aliphatic carbocycles. The molecule has 86 valence electrons. The average molecular weight is 215 g/mol. The average Bonchev–Trinajstić information content (AvgIpc) is 2.14. The van der Waals surface area contributed by atoms with Gasteiger partial charge in [0.1, 0.15) is 0 Å². The summed E-state index contributed by atoms with van der Waals surface area (Å²) in [5.74, 6) is 6.81. The maximum atomic E-state index is 5.81. The minimum Gasteiger partial charge on any atom is -0.316 e. The third kappa shape index (κ3) is 5.00. The highest BCUT2D eigenvalue weighted by atomic mass is 14.7. The molecular formula is C15H21N. The first-order chi connectivity index (χ1) is 7.37. The van der Waals surface area contributed by atoms with Crippen molar-refractivity contribution in [2.45, 2.75) is 39.7 Å². The maximum Gasteiger partial charge on any atom is 0.0722 e. The van der Waals surface area contributed by atoms with Crippen LogP contribution in [-0.2, 0) is 6.42 Å². The topological polar surface area (TPSA) is 26.0 Å². The predicted molar refractivity (Wildman–Crippen MR) is 70.1 cm³/mol. The van der Waals surface area contributed by atoms with E-state index in [1.165, 1.54) is 5.56 Å². The Morgan fingerprint density at radius 2 is 1.75 bits per heavy atom. The SMILES string of the molecule is CC(C)Cc1ccc(C#CC(C)(C)N)cc1. The molecule has 0 saturated heterocycles. The summed E-state index contributed by atoms with van der Waals surface area (Å²) in [6, 6.07) is 8.42. The summed E-state index contributed by atoms with van der Waals surface area (Å²) in [4.78, 5) is 0. The van der Waals surface area contributed by atoms with Crippen LogP contribution in [0.1, 0.15) is 38.8 Å². The summed E-state index contributed by atoms with van der Waals surface area (Å²) in [6.45, 7) is 8.27. The van der Waals surface area contributed by atoms with Gasteiger partial charge in [-0.05, 0) is 43.9 Å². The standard InChI is InChI=1S/C15H21N/c1-12(2)11-14-7-5-13(6-8-14)9-10-15(3,4)16/h5-8,12H,11,16H2,1-4H3. The van der Waals surface area contributed by atoms with Crippen molar-refractivity contribution in [3.8, 4) is 11.8 Å². The molecule has 0 saturated carbocycles. The van der Waals surface area contributed by atoms with E-state index in [4.69, 9.17) is 5.73 Å². The summed E-state index contributed by atoms with van der Waals surface area (Å²) in [5, 5.41) is 0. The lowest BCUT2D eigenvalue weighted by Crippen LogP contribution is -2.29. The Balaban J connectivity index is 2.75. The van der Waals surface area contributed by atoms with Crippen molar-refractivity contribution in [1.29, 1.82) is 0 Å². The third-order valence-corrected chi connectivity index (χ3v) is 2.13. The van der Waals surface area contributed by atoms with Gasteiger partial charge in [0.2, 0.25) is 0 Å². The van der Waals surface area contributed by atoms with Gasteiger partial charge in [-0.25, -0.2) is 0 Å². The van der Waals surface area contributed by atoms with Gasteiger partial charge in [0.15, 0.2) is 0 Å².